The van der Waals surface area contributed by atoms with Crippen LogP contribution in [-0.2, 0) is 4.74 Å². The lowest BCUT2D eigenvalue weighted by atomic mass is 10.4. The molecule has 0 saturated carbocycles. The van der Waals surface area contributed by atoms with E-state index in [0.29, 0.717) is 0 Å². The number of nitrogens with one attached hydrogen (secondary N) is 1. The summed E-state index contributed by atoms with van der Waals surface area (Å²) in [4.78, 5) is 2.30. The monoisotopic (exact) mass is 188 g/mol. The molecule has 0 aromatic rings. The molecule has 0 heterocycles. The van der Waals surface area contributed by atoms with Gasteiger partial charge in [0.2, 0.25) is 0 Å². The SMILES string of the molecule is CCNCCOCCCN(C)CC. The second kappa shape index (κ2) is 9.96. The Labute approximate surface area is 82.4 Å². The van der Waals surface area contributed by atoms with E-state index in [1.807, 2.05) is 0 Å². The molecule has 0 aliphatic rings. The van der Waals surface area contributed by atoms with E-state index in [4.69, 9.17) is 4.74 Å². The molecule has 0 aliphatic heterocycles. The average Bonchev–Trinajstić information content (AvgIpc) is 2.16. The van der Waals surface area contributed by atoms with E-state index in [2.05, 4.69) is 31.1 Å². The third-order valence-electron chi connectivity index (χ3n) is 2.04. The second-order valence-corrected chi connectivity index (χ2v) is 3.22. The van der Waals surface area contributed by atoms with Crippen LogP contribution in [-0.4, -0.2) is 51.3 Å². The number of nitrogens with zero attached hydrogens (tertiary/aromatic N) is 1. The standard InChI is InChI=1S/C10H24N2O/c1-4-11-7-10-13-9-6-8-12(3)5-2/h11H,4-10H2,1-3H3. The minimum Gasteiger partial charge on any atom is -0.380 e. The van der Waals surface area contributed by atoms with Crippen molar-refractivity contribution in [2.24, 2.45) is 0 Å². The van der Waals surface area contributed by atoms with Gasteiger partial charge in [0, 0.05) is 19.7 Å². The molecule has 0 amide bonds. The van der Waals surface area contributed by atoms with Gasteiger partial charge in [0.25, 0.3) is 0 Å². The highest BCUT2D eigenvalue weighted by atomic mass is 16.5. The molecule has 0 radical (unpaired) electrons. The summed E-state index contributed by atoms with van der Waals surface area (Å²) in [6, 6.07) is 0. The van der Waals surface area contributed by atoms with E-state index in [-0.39, 0.29) is 0 Å². The zero-order valence-electron chi connectivity index (χ0n) is 9.31. The van der Waals surface area contributed by atoms with Crippen LogP contribution in [0.1, 0.15) is 20.3 Å². The Hall–Kier alpha value is -0.120. The molecule has 0 aromatic carbocycles. The van der Waals surface area contributed by atoms with Crippen LogP contribution in [0.15, 0.2) is 0 Å². The zero-order chi connectivity index (χ0) is 9.94. The van der Waals surface area contributed by atoms with Gasteiger partial charge in [-0.2, -0.15) is 0 Å². The van der Waals surface area contributed by atoms with Crippen LogP contribution >= 0.6 is 0 Å². The van der Waals surface area contributed by atoms with Crippen LogP contribution in [0.25, 0.3) is 0 Å². The predicted molar refractivity (Wildman–Crippen MR) is 57.2 cm³/mol. The van der Waals surface area contributed by atoms with E-state index >= 15 is 0 Å². The molecular formula is C10H24N2O. The van der Waals surface area contributed by atoms with Crippen molar-refractivity contribution in [1.82, 2.24) is 10.2 Å². The van der Waals surface area contributed by atoms with E-state index in [1.54, 1.807) is 0 Å². The highest BCUT2D eigenvalue weighted by Gasteiger charge is 1.93. The molecule has 1 N–H and O–H groups in total. The van der Waals surface area contributed by atoms with Crippen LogP contribution in [0.5, 0.6) is 0 Å². The van der Waals surface area contributed by atoms with Gasteiger partial charge in [-0.1, -0.05) is 13.8 Å². The molecule has 0 fully saturated rings. The summed E-state index contributed by atoms with van der Waals surface area (Å²) in [5.74, 6) is 0. The van der Waals surface area contributed by atoms with Crippen LogP contribution in [0.4, 0.5) is 0 Å². The predicted octanol–water partition coefficient (Wildman–Crippen LogP) is 0.954. The van der Waals surface area contributed by atoms with Crippen molar-refractivity contribution < 1.29 is 4.74 Å². The smallest absolute Gasteiger partial charge is 0.0590 e. The van der Waals surface area contributed by atoms with Crippen LogP contribution in [0.3, 0.4) is 0 Å². The van der Waals surface area contributed by atoms with Gasteiger partial charge < -0.3 is 15.0 Å². The molecule has 0 spiro atoms. The van der Waals surface area contributed by atoms with E-state index in [0.717, 1.165) is 45.8 Å². The third kappa shape index (κ3) is 9.80. The molecule has 3 heteroatoms. The lowest BCUT2D eigenvalue weighted by Crippen LogP contribution is -2.22. The highest BCUT2D eigenvalue weighted by Crippen LogP contribution is 1.87. The largest absolute Gasteiger partial charge is 0.380 e. The minimum absolute atomic E-state index is 0.837. The number of likely N-dealkylation sites (N-methyl/N-ethyl adjacent to an activating group) is 1. The maximum atomic E-state index is 5.44. The molecule has 80 valence electrons. The first-order chi connectivity index (χ1) is 6.31. The number of hydrogen-bond acceptors (Lipinski definition) is 3. The Morgan fingerprint density at radius 3 is 2.62 bits per heavy atom. The Bertz CT molecular complexity index is 98.9. The summed E-state index contributed by atoms with van der Waals surface area (Å²) in [5.41, 5.74) is 0. The van der Waals surface area contributed by atoms with Crippen LogP contribution in [0, 0.1) is 0 Å². The van der Waals surface area contributed by atoms with E-state index in [9.17, 15) is 0 Å². The summed E-state index contributed by atoms with van der Waals surface area (Å²) in [6.07, 6.45) is 1.14. The van der Waals surface area contributed by atoms with Crippen molar-refractivity contribution >= 4 is 0 Å². The first-order valence-electron chi connectivity index (χ1n) is 5.28. The summed E-state index contributed by atoms with van der Waals surface area (Å²) in [7, 11) is 2.14. The lowest BCUT2D eigenvalue weighted by molar-refractivity contribution is 0.126. The third-order valence-corrected chi connectivity index (χ3v) is 2.04. The summed E-state index contributed by atoms with van der Waals surface area (Å²) >= 11 is 0. The summed E-state index contributed by atoms with van der Waals surface area (Å²) < 4.78 is 5.44. The fraction of sp³-hybridized carbons (Fsp3) is 1.00. The van der Waals surface area contributed by atoms with Crippen molar-refractivity contribution in [3.63, 3.8) is 0 Å². The highest BCUT2D eigenvalue weighted by molar-refractivity contribution is 4.47. The molecular weight excluding hydrogens is 164 g/mol. The van der Waals surface area contributed by atoms with Crippen LogP contribution in [0.2, 0.25) is 0 Å². The fourth-order valence-electron chi connectivity index (χ4n) is 1.02. The molecule has 0 aromatic heterocycles. The summed E-state index contributed by atoms with van der Waals surface area (Å²) in [6.45, 7) is 10.3. The van der Waals surface area contributed by atoms with Crippen molar-refractivity contribution in [2.75, 3.05) is 46.4 Å². The zero-order valence-corrected chi connectivity index (χ0v) is 9.31. The van der Waals surface area contributed by atoms with Gasteiger partial charge >= 0.3 is 0 Å². The Balaban J connectivity index is 2.91. The maximum absolute atomic E-state index is 5.44. The van der Waals surface area contributed by atoms with Gasteiger partial charge in [0.05, 0.1) is 6.61 Å². The second-order valence-electron chi connectivity index (χ2n) is 3.22. The first kappa shape index (κ1) is 12.9. The van der Waals surface area contributed by atoms with Gasteiger partial charge in [-0.15, -0.1) is 0 Å². The number of ether oxygens (including phenoxy) is 1. The first-order valence-corrected chi connectivity index (χ1v) is 5.28. The minimum atomic E-state index is 0.837. The van der Waals surface area contributed by atoms with Gasteiger partial charge in [-0.3, -0.25) is 0 Å². The molecule has 0 aliphatic carbocycles. The van der Waals surface area contributed by atoms with E-state index in [1.165, 1.54) is 0 Å². The molecule has 0 atom stereocenters. The number of hydrogen-bond donors (Lipinski definition) is 1. The molecule has 3 nitrogen and oxygen atoms in total. The Morgan fingerprint density at radius 1 is 1.23 bits per heavy atom. The van der Waals surface area contributed by atoms with Crippen molar-refractivity contribution in [3.05, 3.63) is 0 Å². The summed E-state index contributed by atoms with van der Waals surface area (Å²) in [5, 5.41) is 3.22. The molecule has 0 unspecified atom stereocenters. The van der Waals surface area contributed by atoms with Gasteiger partial charge in [-0.05, 0) is 26.6 Å². The van der Waals surface area contributed by atoms with Gasteiger partial charge in [-0.25, -0.2) is 0 Å². The van der Waals surface area contributed by atoms with Gasteiger partial charge in [0.1, 0.15) is 0 Å². The van der Waals surface area contributed by atoms with E-state index < -0.39 is 0 Å². The van der Waals surface area contributed by atoms with Crippen molar-refractivity contribution in [3.8, 4) is 0 Å². The normalized spacial score (nSPS) is 11.1. The lowest BCUT2D eigenvalue weighted by Gasteiger charge is -2.13. The number of rotatable bonds is 9. The molecule has 0 rings (SSSR count). The van der Waals surface area contributed by atoms with Crippen molar-refractivity contribution in [2.45, 2.75) is 20.3 Å². The maximum Gasteiger partial charge on any atom is 0.0590 e. The van der Waals surface area contributed by atoms with Crippen molar-refractivity contribution in [1.29, 1.82) is 0 Å². The molecule has 0 bridgehead atoms. The van der Waals surface area contributed by atoms with Gasteiger partial charge in [0.15, 0.2) is 0 Å². The topological polar surface area (TPSA) is 24.5 Å². The Morgan fingerprint density at radius 2 is 2.00 bits per heavy atom. The Kier molecular flexibility index (Phi) is 9.87. The average molecular weight is 188 g/mol. The fourth-order valence-corrected chi connectivity index (χ4v) is 1.02. The molecule has 0 saturated heterocycles. The molecule has 13 heavy (non-hydrogen) atoms. The quantitative estimate of drug-likeness (QED) is 0.545. The van der Waals surface area contributed by atoms with Crippen LogP contribution < -0.4 is 5.32 Å².